The maximum absolute atomic E-state index is 11.0. The quantitative estimate of drug-likeness (QED) is 0.663. The van der Waals surface area contributed by atoms with Crippen molar-refractivity contribution in [3.05, 3.63) is 39.4 Å². The van der Waals surface area contributed by atoms with Gasteiger partial charge in [0.2, 0.25) is 0 Å². The van der Waals surface area contributed by atoms with Gasteiger partial charge in [-0.05, 0) is 44.8 Å². The standard InChI is InChI=1S/C15H23N3O2/c1-11-13(6-4-7-14(11)18(19)20)10-17(2)15-8-3-5-12(15)9-16/h4,6-7,12,15H,3,5,8-10,16H2,1-2H3. The van der Waals surface area contributed by atoms with Gasteiger partial charge in [0, 0.05) is 24.2 Å². The van der Waals surface area contributed by atoms with Crippen molar-refractivity contribution in [3.63, 3.8) is 0 Å². The minimum Gasteiger partial charge on any atom is -0.330 e. The second kappa shape index (κ2) is 6.33. The molecule has 0 spiro atoms. The lowest BCUT2D eigenvalue weighted by molar-refractivity contribution is -0.385. The molecule has 1 aliphatic rings. The van der Waals surface area contributed by atoms with Gasteiger partial charge in [-0.1, -0.05) is 18.6 Å². The molecule has 110 valence electrons. The van der Waals surface area contributed by atoms with E-state index in [1.807, 2.05) is 13.0 Å². The number of nitrogens with two attached hydrogens (primary N) is 1. The Morgan fingerprint density at radius 3 is 2.85 bits per heavy atom. The molecule has 0 aromatic heterocycles. The van der Waals surface area contributed by atoms with E-state index in [2.05, 4.69) is 11.9 Å². The van der Waals surface area contributed by atoms with Crippen LogP contribution in [0.25, 0.3) is 0 Å². The second-order valence-corrected chi connectivity index (χ2v) is 5.73. The Balaban J connectivity index is 2.13. The summed E-state index contributed by atoms with van der Waals surface area (Å²) in [6.07, 6.45) is 3.59. The number of benzene rings is 1. The van der Waals surface area contributed by atoms with Gasteiger partial charge in [0.15, 0.2) is 0 Å². The van der Waals surface area contributed by atoms with Gasteiger partial charge in [-0.2, -0.15) is 0 Å². The van der Waals surface area contributed by atoms with E-state index in [-0.39, 0.29) is 10.6 Å². The fraction of sp³-hybridized carbons (Fsp3) is 0.600. The molecular weight excluding hydrogens is 254 g/mol. The predicted molar refractivity (Wildman–Crippen MR) is 79.5 cm³/mol. The molecule has 0 radical (unpaired) electrons. The summed E-state index contributed by atoms with van der Waals surface area (Å²) >= 11 is 0. The van der Waals surface area contributed by atoms with Crippen LogP contribution in [0, 0.1) is 23.0 Å². The Kier molecular flexibility index (Phi) is 4.73. The highest BCUT2D eigenvalue weighted by Crippen LogP contribution is 2.30. The zero-order valence-electron chi connectivity index (χ0n) is 12.2. The van der Waals surface area contributed by atoms with E-state index in [1.165, 1.54) is 19.3 Å². The number of nitro groups is 1. The first-order chi connectivity index (χ1) is 9.54. The van der Waals surface area contributed by atoms with Gasteiger partial charge in [-0.3, -0.25) is 15.0 Å². The molecule has 0 bridgehead atoms. The van der Waals surface area contributed by atoms with E-state index in [0.29, 0.717) is 12.0 Å². The Labute approximate surface area is 119 Å². The fourth-order valence-corrected chi connectivity index (χ4v) is 3.30. The highest BCUT2D eigenvalue weighted by atomic mass is 16.6. The van der Waals surface area contributed by atoms with Gasteiger partial charge in [0.1, 0.15) is 0 Å². The molecule has 2 N–H and O–H groups in total. The third kappa shape index (κ3) is 2.99. The molecule has 0 amide bonds. The maximum atomic E-state index is 11.0. The van der Waals surface area contributed by atoms with Crippen LogP contribution in [0.5, 0.6) is 0 Å². The summed E-state index contributed by atoms with van der Waals surface area (Å²) in [6, 6.07) is 5.81. The molecule has 1 aromatic rings. The maximum Gasteiger partial charge on any atom is 0.272 e. The molecule has 0 saturated heterocycles. The largest absolute Gasteiger partial charge is 0.330 e. The van der Waals surface area contributed by atoms with Crippen molar-refractivity contribution < 1.29 is 4.92 Å². The second-order valence-electron chi connectivity index (χ2n) is 5.73. The summed E-state index contributed by atoms with van der Waals surface area (Å²) in [5, 5.41) is 11.0. The Bertz CT molecular complexity index is 490. The first-order valence-corrected chi connectivity index (χ1v) is 7.17. The van der Waals surface area contributed by atoms with Gasteiger partial charge < -0.3 is 5.73 Å². The van der Waals surface area contributed by atoms with Gasteiger partial charge in [0.05, 0.1) is 4.92 Å². The average molecular weight is 277 g/mol. The van der Waals surface area contributed by atoms with Crippen LogP contribution in [0.3, 0.4) is 0 Å². The summed E-state index contributed by atoms with van der Waals surface area (Å²) < 4.78 is 0. The predicted octanol–water partition coefficient (Wildman–Crippen LogP) is 2.46. The number of hydrogen-bond donors (Lipinski definition) is 1. The molecule has 2 rings (SSSR count). The molecule has 0 aliphatic heterocycles. The smallest absolute Gasteiger partial charge is 0.272 e. The third-order valence-electron chi connectivity index (χ3n) is 4.52. The Morgan fingerprint density at radius 1 is 1.45 bits per heavy atom. The average Bonchev–Trinajstić information content (AvgIpc) is 2.89. The molecule has 20 heavy (non-hydrogen) atoms. The van der Waals surface area contributed by atoms with Crippen LogP contribution in [0.4, 0.5) is 5.69 Å². The molecule has 5 heteroatoms. The summed E-state index contributed by atoms with van der Waals surface area (Å²) in [6.45, 7) is 3.30. The number of rotatable bonds is 5. The normalized spacial score (nSPS) is 22.4. The van der Waals surface area contributed by atoms with Gasteiger partial charge in [-0.25, -0.2) is 0 Å². The van der Waals surface area contributed by atoms with Crippen LogP contribution in [-0.2, 0) is 6.54 Å². The molecule has 1 saturated carbocycles. The summed E-state index contributed by atoms with van der Waals surface area (Å²) in [5.74, 6) is 0.555. The van der Waals surface area contributed by atoms with E-state index in [1.54, 1.807) is 12.1 Å². The highest BCUT2D eigenvalue weighted by Gasteiger charge is 2.29. The minimum atomic E-state index is -0.308. The van der Waals surface area contributed by atoms with Crippen molar-refractivity contribution in [2.45, 2.75) is 38.8 Å². The fourth-order valence-electron chi connectivity index (χ4n) is 3.30. The molecule has 1 aromatic carbocycles. The van der Waals surface area contributed by atoms with Crippen molar-refractivity contribution in [1.82, 2.24) is 4.90 Å². The van der Waals surface area contributed by atoms with Crippen LogP contribution in [0.2, 0.25) is 0 Å². The van der Waals surface area contributed by atoms with Crippen molar-refractivity contribution >= 4 is 5.69 Å². The Morgan fingerprint density at radius 2 is 2.20 bits per heavy atom. The highest BCUT2D eigenvalue weighted by molar-refractivity contribution is 5.44. The molecular formula is C15H23N3O2. The molecule has 1 aliphatic carbocycles. The van der Waals surface area contributed by atoms with Crippen molar-refractivity contribution in [3.8, 4) is 0 Å². The van der Waals surface area contributed by atoms with Crippen LogP contribution in [0.1, 0.15) is 30.4 Å². The lowest BCUT2D eigenvalue weighted by Gasteiger charge is -2.29. The van der Waals surface area contributed by atoms with Gasteiger partial charge in [0.25, 0.3) is 5.69 Å². The van der Waals surface area contributed by atoms with Crippen LogP contribution >= 0.6 is 0 Å². The monoisotopic (exact) mass is 277 g/mol. The minimum absolute atomic E-state index is 0.206. The number of nitrogens with zero attached hydrogens (tertiary/aromatic N) is 2. The summed E-state index contributed by atoms with van der Waals surface area (Å²) in [7, 11) is 2.09. The number of nitro benzene ring substituents is 1. The topological polar surface area (TPSA) is 72.4 Å². The van der Waals surface area contributed by atoms with Crippen LogP contribution < -0.4 is 5.73 Å². The zero-order valence-corrected chi connectivity index (χ0v) is 12.2. The van der Waals surface area contributed by atoms with Crippen molar-refractivity contribution in [2.75, 3.05) is 13.6 Å². The molecule has 5 nitrogen and oxygen atoms in total. The van der Waals surface area contributed by atoms with E-state index in [9.17, 15) is 10.1 Å². The van der Waals surface area contributed by atoms with E-state index in [0.717, 1.165) is 24.2 Å². The van der Waals surface area contributed by atoms with Crippen molar-refractivity contribution in [1.29, 1.82) is 0 Å². The third-order valence-corrected chi connectivity index (χ3v) is 4.52. The summed E-state index contributed by atoms with van der Waals surface area (Å²) in [4.78, 5) is 13.0. The van der Waals surface area contributed by atoms with E-state index < -0.39 is 0 Å². The number of hydrogen-bond acceptors (Lipinski definition) is 4. The first kappa shape index (κ1) is 14.9. The molecule has 0 heterocycles. The molecule has 2 atom stereocenters. The SMILES string of the molecule is Cc1c(CN(C)C2CCCC2CN)cccc1[N+](=O)[O-]. The van der Waals surface area contributed by atoms with E-state index >= 15 is 0 Å². The van der Waals surface area contributed by atoms with Crippen LogP contribution in [-0.4, -0.2) is 29.5 Å². The molecule has 1 fully saturated rings. The first-order valence-electron chi connectivity index (χ1n) is 7.17. The lowest BCUT2D eigenvalue weighted by atomic mass is 10.0. The zero-order chi connectivity index (χ0) is 14.7. The Hall–Kier alpha value is -1.46. The van der Waals surface area contributed by atoms with Crippen LogP contribution in [0.15, 0.2) is 18.2 Å². The van der Waals surface area contributed by atoms with Gasteiger partial charge in [-0.15, -0.1) is 0 Å². The molecule has 2 unspecified atom stereocenters. The lowest BCUT2D eigenvalue weighted by Crippen LogP contribution is -2.37. The summed E-state index contributed by atoms with van der Waals surface area (Å²) in [5.41, 5.74) is 7.84. The van der Waals surface area contributed by atoms with Crippen molar-refractivity contribution in [2.24, 2.45) is 11.7 Å². The van der Waals surface area contributed by atoms with E-state index in [4.69, 9.17) is 5.73 Å². The van der Waals surface area contributed by atoms with Gasteiger partial charge >= 0.3 is 0 Å².